The molecule has 0 unspecified atom stereocenters. The van der Waals surface area contributed by atoms with Crippen LogP contribution < -0.4 is 9.08 Å². The number of benzene rings is 2. The smallest absolute Gasteiger partial charge is 0.443 e. The minimum absolute atomic E-state index is 0.00313. The molecule has 0 bridgehead atoms. The number of nitrogens with zero attached hydrogens (tertiary/aromatic N) is 3. The molecule has 0 spiro atoms. The largest absolute Gasteiger partial charge is 0.534 e. The highest BCUT2D eigenvalue weighted by molar-refractivity contribution is 7.88. The maximum absolute atomic E-state index is 16.2. The molecule has 274 valence electrons. The Morgan fingerprint density at radius 3 is 2.20 bits per heavy atom. The number of halogens is 9. The van der Waals surface area contributed by atoms with Crippen LogP contribution in [0.25, 0.3) is 0 Å². The van der Waals surface area contributed by atoms with Gasteiger partial charge in [0.05, 0.1) is 31.0 Å². The highest BCUT2D eigenvalue weighted by Crippen LogP contribution is 2.44. The number of anilines is 1. The molecule has 2 heterocycles. The number of alkyl halides is 7. The average molecular weight is 734 g/mol. The van der Waals surface area contributed by atoms with Crippen LogP contribution in [0, 0.1) is 11.6 Å². The van der Waals surface area contributed by atoms with Crippen molar-refractivity contribution in [3.8, 4) is 5.75 Å². The van der Waals surface area contributed by atoms with Gasteiger partial charge in [0.15, 0.2) is 0 Å². The Morgan fingerprint density at radius 1 is 1.02 bits per heavy atom. The molecule has 0 aliphatic carbocycles. The third-order valence-electron chi connectivity index (χ3n) is 8.10. The van der Waals surface area contributed by atoms with Crippen LogP contribution in [-0.4, -0.2) is 86.5 Å². The molecule has 2 aliphatic rings. The first-order valence-electron chi connectivity index (χ1n) is 15.3. The fraction of sp³-hybridized carbons (Fsp3) is 0.581. The third-order valence-corrected chi connectivity index (χ3v) is 9.08. The summed E-state index contributed by atoms with van der Waals surface area (Å²) in [5, 5.41) is 0. The van der Waals surface area contributed by atoms with Crippen LogP contribution in [0.15, 0.2) is 30.3 Å². The molecule has 2 aromatic carbocycles. The van der Waals surface area contributed by atoms with E-state index in [4.69, 9.17) is 4.74 Å². The number of ether oxygens (including phenoxy) is 1. The fourth-order valence-corrected chi connectivity index (χ4v) is 6.60. The van der Waals surface area contributed by atoms with Gasteiger partial charge in [-0.2, -0.15) is 34.8 Å². The number of hydrogen-bond acceptors (Lipinski definition) is 7. The van der Waals surface area contributed by atoms with Gasteiger partial charge in [0.25, 0.3) is 0 Å². The molecule has 3 atom stereocenters. The van der Waals surface area contributed by atoms with E-state index in [1.54, 1.807) is 20.8 Å². The van der Waals surface area contributed by atoms with Crippen molar-refractivity contribution in [1.29, 1.82) is 0 Å². The Morgan fingerprint density at radius 2 is 1.65 bits per heavy atom. The molecule has 0 radical (unpaired) electrons. The van der Waals surface area contributed by atoms with E-state index in [1.807, 2.05) is 4.90 Å². The van der Waals surface area contributed by atoms with Crippen molar-refractivity contribution in [1.82, 2.24) is 9.80 Å². The molecule has 0 saturated carbocycles. The van der Waals surface area contributed by atoms with Crippen molar-refractivity contribution in [3.05, 3.63) is 58.7 Å². The van der Waals surface area contributed by atoms with Crippen LogP contribution in [-0.2, 0) is 21.3 Å². The monoisotopic (exact) mass is 733 g/mol. The Kier molecular flexibility index (Phi) is 11.1. The van der Waals surface area contributed by atoms with Gasteiger partial charge in [-0.1, -0.05) is 6.07 Å². The lowest BCUT2D eigenvalue weighted by Crippen LogP contribution is -2.48. The highest BCUT2D eigenvalue weighted by Gasteiger charge is 2.49. The van der Waals surface area contributed by atoms with Crippen LogP contribution >= 0.6 is 0 Å². The Balaban J connectivity index is 1.81. The van der Waals surface area contributed by atoms with E-state index in [-0.39, 0.29) is 36.2 Å². The maximum atomic E-state index is 16.2. The number of hydrogen-bond donors (Lipinski definition) is 0. The predicted octanol–water partition coefficient (Wildman–Crippen LogP) is 7.27. The van der Waals surface area contributed by atoms with Crippen LogP contribution in [0.4, 0.5) is 50.0 Å². The third kappa shape index (κ3) is 9.11. The molecule has 1 amide bonds. The van der Waals surface area contributed by atoms with Crippen LogP contribution in [0.2, 0.25) is 0 Å². The summed E-state index contributed by atoms with van der Waals surface area (Å²) in [4.78, 5) is 17.1. The zero-order valence-electron chi connectivity index (χ0n) is 27.0. The van der Waals surface area contributed by atoms with E-state index in [9.17, 15) is 43.9 Å². The lowest BCUT2D eigenvalue weighted by molar-refractivity contribution is -0.155. The van der Waals surface area contributed by atoms with Crippen molar-refractivity contribution in [2.45, 2.75) is 82.4 Å². The van der Waals surface area contributed by atoms with Gasteiger partial charge in [0, 0.05) is 31.2 Å². The molecule has 1 fully saturated rings. The van der Waals surface area contributed by atoms with Gasteiger partial charge in [0.1, 0.15) is 23.0 Å². The van der Waals surface area contributed by atoms with Crippen molar-refractivity contribution < 1.29 is 61.6 Å². The van der Waals surface area contributed by atoms with Crippen molar-refractivity contribution in [2.24, 2.45) is 0 Å². The summed E-state index contributed by atoms with van der Waals surface area (Å²) in [5.41, 5.74) is -8.03. The number of rotatable bonds is 9. The van der Waals surface area contributed by atoms with E-state index in [2.05, 4.69) is 4.18 Å². The number of amides is 1. The van der Waals surface area contributed by atoms with Crippen LogP contribution in [0.5, 0.6) is 5.75 Å². The molecular weight excluding hydrogens is 697 g/mol. The van der Waals surface area contributed by atoms with Gasteiger partial charge < -0.3 is 13.8 Å². The fourth-order valence-electron chi connectivity index (χ4n) is 6.15. The summed E-state index contributed by atoms with van der Waals surface area (Å²) in [6.45, 7) is 4.93. The first-order valence-corrected chi connectivity index (χ1v) is 16.7. The average Bonchev–Trinajstić information content (AvgIpc) is 3.38. The summed E-state index contributed by atoms with van der Waals surface area (Å²) >= 11 is 0. The van der Waals surface area contributed by atoms with Crippen molar-refractivity contribution in [2.75, 3.05) is 37.8 Å². The van der Waals surface area contributed by atoms with Crippen LogP contribution in [0.3, 0.4) is 0 Å². The van der Waals surface area contributed by atoms with E-state index < -0.39 is 87.8 Å². The molecule has 8 nitrogen and oxygen atoms in total. The van der Waals surface area contributed by atoms with Gasteiger partial charge in [-0.25, -0.2) is 13.6 Å². The van der Waals surface area contributed by atoms with E-state index >= 15 is 8.78 Å². The minimum atomic E-state index is -6.09. The van der Waals surface area contributed by atoms with Gasteiger partial charge in [-0.15, -0.1) is 0 Å². The quantitative estimate of drug-likeness (QED) is 0.153. The van der Waals surface area contributed by atoms with Gasteiger partial charge in [-0.3, -0.25) is 14.2 Å². The first kappa shape index (κ1) is 38.6. The summed E-state index contributed by atoms with van der Waals surface area (Å²) < 4.78 is 158. The second-order valence-corrected chi connectivity index (χ2v) is 14.6. The molecule has 2 aromatic rings. The van der Waals surface area contributed by atoms with Crippen molar-refractivity contribution in [3.63, 3.8) is 0 Å². The van der Waals surface area contributed by atoms with E-state index in [1.165, 1.54) is 6.92 Å². The molecule has 1 saturated heterocycles. The van der Waals surface area contributed by atoms with Gasteiger partial charge in [0.2, 0.25) is 0 Å². The topological polar surface area (TPSA) is 79.4 Å². The van der Waals surface area contributed by atoms with E-state index in [0.29, 0.717) is 19.5 Å². The summed E-state index contributed by atoms with van der Waals surface area (Å²) in [6.07, 6.45) is -5.46. The molecule has 0 aromatic heterocycles. The number of carbonyl (C=O) groups is 1. The second-order valence-electron chi connectivity index (χ2n) is 13.0. The molecule has 0 N–H and O–H groups in total. The zero-order valence-corrected chi connectivity index (χ0v) is 27.8. The number of carbonyl (C=O) groups excluding carboxylic acids is 1. The Labute approximate surface area is 277 Å². The van der Waals surface area contributed by atoms with Gasteiger partial charge in [-0.05, 0) is 82.3 Å². The normalized spacial score (nSPS) is 21.0. The summed E-state index contributed by atoms with van der Waals surface area (Å²) in [7, 11) is -6.09. The Hall–Kier alpha value is -3.25. The number of likely N-dealkylation sites (tertiary alicyclic amines) is 1. The molecule has 4 rings (SSSR count). The van der Waals surface area contributed by atoms with E-state index in [0.717, 1.165) is 40.1 Å². The van der Waals surface area contributed by atoms with Gasteiger partial charge >= 0.3 is 27.9 Å². The summed E-state index contributed by atoms with van der Waals surface area (Å²) in [5.74, 6) is -3.45. The van der Waals surface area contributed by atoms with Crippen molar-refractivity contribution >= 4 is 21.9 Å². The lowest BCUT2D eigenvalue weighted by atomic mass is 9.84. The summed E-state index contributed by atoms with van der Waals surface area (Å²) in [6, 6.07) is 0.647. The zero-order chi connectivity index (χ0) is 36.7. The highest BCUT2D eigenvalue weighted by atomic mass is 32.2. The SMILES string of the molecule is C[C@@H]1Cc2cc(OS(=O)(=O)C(F)(F)F)ccc2[C@@H](c2c(F)cc(N(C(=O)OC(C)(C)C)[C@H]3CCN(CCCF)C3)cc2F)N1CC(F)(F)F. The molecule has 49 heavy (non-hydrogen) atoms. The molecular formula is C31H36F9N3O5S. The predicted molar refractivity (Wildman–Crippen MR) is 160 cm³/mol. The maximum Gasteiger partial charge on any atom is 0.534 e. The first-order chi connectivity index (χ1) is 22.5. The Bertz CT molecular complexity index is 1610. The van der Waals surface area contributed by atoms with Crippen LogP contribution in [0.1, 0.15) is 63.3 Å². The minimum Gasteiger partial charge on any atom is -0.443 e. The number of fused-ring (bicyclic) bond motifs is 1. The second kappa shape index (κ2) is 14.2. The molecule has 18 heteroatoms. The molecule has 2 aliphatic heterocycles. The lowest BCUT2D eigenvalue weighted by Gasteiger charge is -2.42. The standard InChI is InChI=1S/C31H36F9N3O5S/c1-18-12-19-13-22(48-49(45,46)31(38,39)40)6-7-23(19)27(42(18)17-30(35,36)37)26-24(33)14-21(15-25(26)34)43(28(44)47-29(2,3)4)20-8-11-41(16-20)10-5-9-32/h6-7,13-15,18,20,27H,5,8-12,16-17H2,1-4H3/t18-,20+,27+/m1/s1.